The number of hydrogen-bond acceptors (Lipinski definition) is 2. The lowest BCUT2D eigenvalue weighted by Gasteiger charge is -2.08. The first-order valence-electron chi connectivity index (χ1n) is 5.96. The Kier molecular flexibility index (Phi) is 3.36. The lowest BCUT2D eigenvalue weighted by Crippen LogP contribution is -2.00. The molecule has 3 aromatic rings. The van der Waals surface area contributed by atoms with Gasteiger partial charge in [0.1, 0.15) is 17.2 Å². The Morgan fingerprint density at radius 3 is 2.80 bits per heavy atom. The van der Waals surface area contributed by atoms with Crippen LogP contribution in [0.3, 0.4) is 0 Å². The predicted octanol–water partition coefficient (Wildman–Crippen LogP) is 4.26. The van der Waals surface area contributed by atoms with E-state index in [2.05, 4.69) is 9.97 Å². The molecule has 0 bridgehead atoms. The number of fused-ring (bicyclic) bond motifs is 1. The minimum atomic E-state index is -0.462. The van der Waals surface area contributed by atoms with Crippen LogP contribution in [0.2, 0.25) is 5.02 Å². The summed E-state index contributed by atoms with van der Waals surface area (Å²) in [5.41, 5.74) is 3.16. The molecule has 3 rings (SSSR count). The van der Waals surface area contributed by atoms with Gasteiger partial charge in [-0.1, -0.05) is 11.6 Å². The zero-order valence-corrected chi connectivity index (χ0v) is 12.1. The molecule has 102 valence electrons. The normalized spacial score (nSPS) is 11.2. The van der Waals surface area contributed by atoms with Gasteiger partial charge in [-0.25, -0.2) is 14.4 Å². The average molecular weight is 310 g/mol. The number of aromatic nitrogens is 3. The Morgan fingerprint density at radius 1 is 1.30 bits per heavy atom. The molecule has 2 heterocycles. The highest BCUT2D eigenvalue weighted by Crippen LogP contribution is 2.25. The van der Waals surface area contributed by atoms with E-state index in [0.29, 0.717) is 17.2 Å². The Morgan fingerprint density at radius 2 is 2.10 bits per heavy atom. The summed E-state index contributed by atoms with van der Waals surface area (Å²) < 4.78 is 15.1. The molecule has 2 aromatic heterocycles. The lowest BCUT2D eigenvalue weighted by atomic mass is 10.2. The molecule has 6 heteroatoms. The van der Waals surface area contributed by atoms with Crippen LogP contribution in [0.15, 0.2) is 30.5 Å². The second-order valence-electron chi connectivity index (χ2n) is 4.40. The number of halogens is 3. The molecule has 0 aliphatic rings. The second kappa shape index (κ2) is 5.04. The van der Waals surface area contributed by atoms with Crippen molar-refractivity contribution in [3.8, 4) is 5.69 Å². The maximum absolute atomic E-state index is 13.3. The van der Waals surface area contributed by atoms with E-state index in [1.165, 1.54) is 12.1 Å². The van der Waals surface area contributed by atoms with E-state index in [0.717, 1.165) is 11.1 Å². The summed E-state index contributed by atoms with van der Waals surface area (Å²) in [5, 5.41) is 0.0533. The molecular formula is C14H10Cl2FN3. The van der Waals surface area contributed by atoms with Gasteiger partial charge in [-0.3, -0.25) is 4.57 Å². The van der Waals surface area contributed by atoms with Gasteiger partial charge in [-0.2, -0.15) is 0 Å². The first-order chi connectivity index (χ1) is 9.61. The van der Waals surface area contributed by atoms with Gasteiger partial charge in [0.15, 0.2) is 5.65 Å². The zero-order chi connectivity index (χ0) is 14.3. The van der Waals surface area contributed by atoms with Crippen molar-refractivity contribution >= 4 is 34.4 Å². The molecule has 1 aromatic carbocycles. The monoisotopic (exact) mass is 309 g/mol. The summed E-state index contributed by atoms with van der Waals surface area (Å²) in [6, 6.07) is 6.37. The Bertz CT molecular complexity index is 798. The third kappa shape index (κ3) is 2.05. The molecule has 3 nitrogen and oxygen atoms in total. The summed E-state index contributed by atoms with van der Waals surface area (Å²) in [4.78, 5) is 8.83. The standard InChI is InChI=1S/C14H10Cl2FN3/c1-8-4-5-18-14-13(8)19-12(7-15)20(14)9-2-3-11(17)10(16)6-9/h2-6H,7H2,1H3. The van der Waals surface area contributed by atoms with Crippen molar-refractivity contribution in [2.24, 2.45) is 0 Å². The molecule has 0 aliphatic heterocycles. The molecule has 0 radical (unpaired) electrons. The topological polar surface area (TPSA) is 30.7 Å². The SMILES string of the molecule is Cc1ccnc2c1nc(CCl)n2-c1ccc(F)c(Cl)c1. The van der Waals surface area contributed by atoms with Crippen molar-refractivity contribution < 1.29 is 4.39 Å². The molecule has 0 amide bonds. The fraction of sp³-hybridized carbons (Fsp3) is 0.143. The fourth-order valence-electron chi connectivity index (χ4n) is 2.12. The van der Waals surface area contributed by atoms with Gasteiger partial charge >= 0.3 is 0 Å². The van der Waals surface area contributed by atoms with Gasteiger partial charge in [-0.05, 0) is 36.8 Å². The van der Waals surface area contributed by atoms with E-state index >= 15 is 0 Å². The molecule has 0 saturated heterocycles. The highest BCUT2D eigenvalue weighted by molar-refractivity contribution is 6.30. The minimum Gasteiger partial charge on any atom is -0.280 e. The van der Waals surface area contributed by atoms with Crippen LogP contribution >= 0.6 is 23.2 Å². The third-order valence-corrected chi connectivity index (χ3v) is 3.63. The van der Waals surface area contributed by atoms with Gasteiger partial charge in [0, 0.05) is 6.20 Å². The van der Waals surface area contributed by atoms with Crippen LogP contribution in [0.5, 0.6) is 0 Å². The average Bonchev–Trinajstić information content (AvgIpc) is 2.82. The zero-order valence-electron chi connectivity index (χ0n) is 10.6. The van der Waals surface area contributed by atoms with Crippen LogP contribution in [0.25, 0.3) is 16.9 Å². The minimum absolute atomic E-state index is 0.0533. The highest BCUT2D eigenvalue weighted by atomic mass is 35.5. The molecule has 0 atom stereocenters. The molecule has 0 fully saturated rings. The van der Waals surface area contributed by atoms with Crippen molar-refractivity contribution in [3.05, 3.63) is 52.7 Å². The predicted molar refractivity (Wildman–Crippen MR) is 78.1 cm³/mol. The maximum atomic E-state index is 13.3. The highest BCUT2D eigenvalue weighted by Gasteiger charge is 2.15. The van der Waals surface area contributed by atoms with Gasteiger partial charge in [0.25, 0.3) is 0 Å². The molecule has 0 N–H and O–H groups in total. The molecule has 20 heavy (non-hydrogen) atoms. The third-order valence-electron chi connectivity index (χ3n) is 3.10. The summed E-state index contributed by atoms with van der Waals surface area (Å²) >= 11 is 11.8. The van der Waals surface area contributed by atoms with Crippen molar-refractivity contribution in [2.75, 3.05) is 0 Å². The van der Waals surface area contributed by atoms with Crippen molar-refractivity contribution in [1.29, 1.82) is 0 Å². The summed E-state index contributed by atoms with van der Waals surface area (Å²) in [7, 11) is 0. The Labute approximate surface area is 125 Å². The van der Waals surface area contributed by atoms with Crippen molar-refractivity contribution in [3.63, 3.8) is 0 Å². The largest absolute Gasteiger partial charge is 0.280 e. The maximum Gasteiger partial charge on any atom is 0.164 e. The fourth-order valence-corrected chi connectivity index (χ4v) is 2.48. The van der Waals surface area contributed by atoms with Crippen LogP contribution in [0, 0.1) is 12.7 Å². The van der Waals surface area contributed by atoms with Gasteiger partial charge in [0.05, 0.1) is 16.6 Å². The summed E-state index contributed by atoms with van der Waals surface area (Å²) in [6.07, 6.45) is 1.71. The quantitative estimate of drug-likeness (QED) is 0.662. The van der Waals surface area contributed by atoms with Crippen LogP contribution < -0.4 is 0 Å². The number of imidazole rings is 1. The van der Waals surface area contributed by atoms with E-state index in [4.69, 9.17) is 23.2 Å². The van der Waals surface area contributed by atoms with Gasteiger partial charge in [0.2, 0.25) is 0 Å². The van der Waals surface area contributed by atoms with Crippen LogP contribution in [-0.2, 0) is 5.88 Å². The van der Waals surface area contributed by atoms with E-state index in [1.54, 1.807) is 16.8 Å². The van der Waals surface area contributed by atoms with Gasteiger partial charge in [-0.15, -0.1) is 11.6 Å². The van der Waals surface area contributed by atoms with Crippen LogP contribution in [0.1, 0.15) is 11.4 Å². The smallest absolute Gasteiger partial charge is 0.164 e. The van der Waals surface area contributed by atoms with E-state index in [1.807, 2.05) is 13.0 Å². The Balaban J connectivity index is 2.34. The van der Waals surface area contributed by atoms with Crippen molar-refractivity contribution in [1.82, 2.24) is 14.5 Å². The first kappa shape index (κ1) is 13.3. The van der Waals surface area contributed by atoms with E-state index in [9.17, 15) is 4.39 Å². The lowest BCUT2D eigenvalue weighted by molar-refractivity contribution is 0.628. The molecule has 0 saturated carbocycles. The molecule has 0 spiro atoms. The molecular weight excluding hydrogens is 300 g/mol. The number of nitrogens with zero attached hydrogens (tertiary/aromatic N) is 3. The van der Waals surface area contributed by atoms with E-state index in [-0.39, 0.29) is 10.9 Å². The number of pyridine rings is 1. The number of rotatable bonds is 2. The first-order valence-corrected chi connectivity index (χ1v) is 6.87. The number of benzene rings is 1. The summed E-state index contributed by atoms with van der Waals surface area (Å²) in [6.45, 7) is 1.96. The molecule has 0 unspecified atom stereocenters. The number of hydrogen-bond donors (Lipinski definition) is 0. The van der Waals surface area contributed by atoms with Crippen LogP contribution in [-0.4, -0.2) is 14.5 Å². The van der Waals surface area contributed by atoms with Crippen molar-refractivity contribution in [2.45, 2.75) is 12.8 Å². The summed E-state index contributed by atoms with van der Waals surface area (Å²) in [5.74, 6) is 0.410. The van der Waals surface area contributed by atoms with Gasteiger partial charge < -0.3 is 0 Å². The Hall–Kier alpha value is -1.65. The second-order valence-corrected chi connectivity index (χ2v) is 5.07. The van der Waals surface area contributed by atoms with Crippen LogP contribution in [0.4, 0.5) is 4.39 Å². The number of alkyl halides is 1. The number of aryl methyl sites for hydroxylation is 1. The van der Waals surface area contributed by atoms with E-state index < -0.39 is 5.82 Å². The molecule has 0 aliphatic carbocycles.